The van der Waals surface area contributed by atoms with Crippen molar-refractivity contribution in [1.82, 2.24) is 5.32 Å². The Morgan fingerprint density at radius 1 is 1.30 bits per heavy atom. The first-order valence-electron chi connectivity index (χ1n) is 6.89. The largest absolute Gasteiger partial charge is 0.313 e. The Hall–Kier alpha value is -0.390. The number of fused-ring (bicyclic) bond motifs is 1. The van der Waals surface area contributed by atoms with Gasteiger partial charge < -0.3 is 5.32 Å². The zero-order valence-corrected chi connectivity index (χ0v) is 15.1. The molecule has 0 fully saturated rings. The van der Waals surface area contributed by atoms with E-state index in [2.05, 4.69) is 93.3 Å². The summed E-state index contributed by atoms with van der Waals surface area (Å²) in [6.07, 6.45) is 2.39. The average molecular weight is 442 g/mol. The van der Waals surface area contributed by atoms with Gasteiger partial charge in [-0.2, -0.15) is 0 Å². The van der Waals surface area contributed by atoms with Crippen LogP contribution in [0.5, 0.6) is 0 Å². The zero-order valence-electron chi connectivity index (χ0n) is 11.4. The molecule has 0 aromatic heterocycles. The molecule has 2 aromatic rings. The second kappa shape index (κ2) is 6.16. The van der Waals surface area contributed by atoms with E-state index in [0.29, 0.717) is 12.0 Å². The lowest BCUT2D eigenvalue weighted by Crippen LogP contribution is -2.25. The van der Waals surface area contributed by atoms with Crippen LogP contribution in [0.15, 0.2) is 46.9 Å². The third-order valence-electron chi connectivity index (χ3n) is 4.16. The van der Waals surface area contributed by atoms with E-state index >= 15 is 0 Å². The fourth-order valence-corrected chi connectivity index (χ4v) is 4.13. The fraction of sp³-hybridized carbons (Fsp3) is 0.294. The Labute approximate surface area is 142 Å². The summed E-state index contributed by atoms with van der Waals surface area (Å²) in [5.74, 6) is 0.693. The van der Waals surface area contributed by atoms with Crippen LogP contribution in [0.3, 0.4) is 0 Å². The lowest BCUT2D eigenvalue weighted by Gasteiger charge is -2.33. The maximum Gasteiger partial charge on any atom is 0.0334 e. The molecule has 3 rings (SSSR count). The molecule has 20 heavy (non-hydrogen) atoms. The van der Waals surface area contributed by atoms with E-state index in [1.807, 2.05) is 0 Å². The lowest BCUT2D eigenvalue weighted by molar-refractivity contribution is 0.451. The number of rotatable bonds is 4. The highest BCUT2D eigenvalue weighted by atomic mass is 127. The Morgan fingerprint density at radius 3 is 2.85 bits per heavy atom. The van der Waals surface area contributed by atoms with E-state index in [9.17, 15) is 0 Å². The summed E-state index contributed by atoms with van der Waals surface area (Å²) in [5.41, 5.74) is 4.46. The first kappa shape index (κ1) is 14.5. The molecule has 0 saturated carbocycles. The maximum atomic E-state index is 3.59. The van der Waals surface area contributed by atoms with Gasteiger partial charge in [0.15, 0.2) is 0 Å². The molecule has 0 bridgehead atoms. The maximum absolute atomic E-state index is 3.59. The monoisotopic (exact) mass is 441 g/mol. The highest BCUT2D eigenvalue weighted by Crippen LogP contribution is 2.41. The number of nitrogens with one attached hydrogen (secondary N) is 1. The Bertz CT molecular complexity index is 626. The summed E-state index contributed by atoms with van der Waals surface area (Å²) in [6.45, 7) is 0. The van der Waals surface area contributed by atoms with Crippen LogP contribution in [0.25, 0.3) is 0 Å². The van der Waals surface area contributed by atoms with Gasteiger partial charge in [0.05, 0.1) is 0 Å². The van der Waals surface area contributed by atoms with Gasteiger partial charge in [-0.3, -0.25) is 0 Å². The quantitative estimate of drug-likeness (QED) is 0.655. The van der Waals surface area contributed by atoms with Crippen molar-refractivity contribution in [1.29, 1.82) is 0 Å². The molecular formula is C17H17BrIN. The third kappa shape index (κ3) is 2.81. The third-order valence-corrected chi connectivity index (χ3v) is 5.64. The van der Waals surface area contributed by atoms with Gasteiger partial charge in [-0.05, 0) is 83.3 Å². The predicted octanol–water partition coefficient (Wildman–Crippen LogP) is 5.04. The van der Waals surface area contributed by atoms with Gasteiger partial charge in [0.25, 0.3) is 0 Å². The van der Waals surface area contributed by atoms with Crippen molar-refractivity contribution >= 4 is 38.5 Å². The van der Waals surface area contributed by atoms with E-state index < -0.39 is 0 Å². The van der Waals surface area contributed by atoms with Crippen molar-refractivity contribution in [3.05, 3.63) is 67.2 Å². The summed E-state index contributed by atoms with van der Waals surface area (Å²) >= 11 is 6.02. The highest BCUT2D eigenvalue weighted by molar-refractivity contribution is 14.1. The van der Waals surface area contributed by atoms with E-state index in [-0.39, 0.29) is 0 Å². The molecule has 2 atom stereocenters. The minimum absolute atomic E-state index is 0.415. The van der Waals surface area contributed by atoms with E-state index in [4.69, 9.17) is 0 Å². The number of halogens is 2. The van der Waals surface area contributed by atoms with Crippen molar-refractivity contribution in [2.75, 3.05) is 7.05 Å². The van der Waals surface area contributed by atoms with Gasteiger partial charge in [0.2, 0.25) is 0 Å². The SMILES string of the molecule is CNC(CC1Cc2ccccc21)c1cc(Br)ccc1I. The van der Waals surface area contributed by atoms with Crippen LogP contribution in [0.4, 0.5) is 0 Å². The summed E-state index contributed by atoms with van der Waals surface area (Å²) in [5, 5.41) is 3.49. The molecule has 0 saturated heterocycles. The molecule has 1 aliphatic carbocycles. The van der Waals surface area contributed by atoms with Crippen LogP contribution in [-0.4, -0.2) is 7.05 Å². The summed E-state index contributed by atoms with van der Waals surface area (Å²) < 4.78 is 2.49. The lowest BCUT2D eigenvalue weighted by atomic mass is 9.74. The zero-order chi connectivity index (χ0) is 14.1. The first-order chi connectivity index (χ1) is 9.69. The van der Waals surface area contributed by atoms with Crippen LogP contribution in [-0.2, 0) is 6.42 Å². The van der Waals surface area contributed by atoms with Crippen molar-refractivity contribution in [3.63, 3.8) is 0 Å². The van der Waals surface area contributed by atoms with E-state index in [1.54, 1.807) is 0 Å². The van der Waals surface area contributed by atoms with Crippen molar-refractivity contribution < 1.29 is 0 Å². The molecule has 0 spiro atoms. The minimum atomic E-state index is 0.415. The van der Waals surface area contributed by atoms with Crippen molar-refractivity contribution in [3.8, 4) is 0 Å². The van der Waals surface area contributed by atoms with Gasteiger partial charge in [-0.25, -0.2) is 0 Å². The number of hydrogen-bond donors (Lipinski definition) is 1. The Morgan fingerprint density at radius 2 is 2.10 bits per heavy atom. The second-order valence-electron chi connectivity index (χ2n) is 5.34. The minimum Gasteiger partial charge on any atom is -0.313 e. The normalized spacial score (nSPS) is 18.2. The van der Waals surface area contributed by atoms with Crippen LogP contribution < -0.4 is 5.32 Å². The van der Waals surface area contributed by atoms with Crippen LogP contribution in [0.1, 0.15) is 35.1 Å². The van der Waals surface area contributed by atoms with Gasteiger partial charge >= 0.3 is 0 Å². The standard InChI is InChI=1S/C17H17BrIN/c1-20-17(15-10-13(18)6-7-16(15)19)9-12-8-11-4-2-3-5-14(11)12/h2-7,10,12,17,20H,8-9H2,1H3. The molecule has 0 amide bonds. The van der Waals surface area contributed by atoms with Crippen LogP contribution >= 0.6 is 38.5 Å². The topological polar surface area (TPSA) is 12.0 Å². The summed E-state index contributed by atoms with van der Waals surface area (Å²) in [7, 11) is 2.06. The molecule has 104 valence electrons. The van der Waals surface area contributed by atoms with Gasteiger partial charge in [0.1, 0.15) is 0 Å². The van der Waals surface area contributed by atoms with Crippen LogP contribution in [0, 0.1) is 3.57 Å². The van der Waals surface area contributed by atoms with E-state index in [1.165, 1.54) is 33.1 Å². The van der Waals surface area contributed by atoms with Crippen molar-refractivity contribution in [2.24, 2.45) is 0 Å². The molecule has 1 N–H and O–H groups in total. The molecule has 2 unspecified atom stereocenters. The highest BCUT2D eigenvalue weighted by Gasteiger charge is 2.28. The average Bonchev–Trinajstić information content (AvgIpc) is 2.43. The second-order valence-corrected chi connectivity index (χ2v) is 7.42. The summed E-state index contributed by atoms with van der Waals surface area (Å²) in [6, 6.07) is 15.8. The molecular weight excluding hydrogens is 425 g/mol. The Kier molecular flexibility index (Phi) is 4.48. The molecule has 0 heterocycles. The van der Waals surface area contributed by atoms with E-state index in [0.717, 1.165) is 4.47 Å². The van der Waals surface area contributed by atoms with Gasteiger partial charge in [-0.15, -0.1) is 0 Å². The predicted molar refractivity (Wildman–Crippen MR) is 96.2 cm³/mol. The molecule has 1 aliphatic rings. The molecule has 0 radical (unpaired) electrons. The van der Waals surface area contributed by atoms with Crippen molar-refractivity contribution in [2.45, 2.75) is 24.8 Å². The molecule has 2 aromatic carbocycles. The van der Waals surface area contributed by atoms with Crippen LogP contribution in [0.2, 0.25) is 0 Å². The Balaban J connectivity index is 1.80. The van der Waals surface area contributed by atoms with Gasteiger partial charge in [-0.1, -0.05) is 40.2 Å². The fourth-order valence-electron chi connectivity index (χ4n) is 3.04. The molecule has 3 heteroatoms. The number of hydrogen-bond acceptors (Lipinski definition) is 1. The first-order valence-corrected chi connectivity index (χ1v) is 8.76. The van der Waals surface area contributed by atoms with Gasteiger partial charge in [0, 0.05) is 14.1 Å². The molecule has 0 aliphatic heterocycles. The smallest absolute Gasteiger partial charge is 0.0334 e. The molecule has 1 nitrogen and oxygen atoms in total. The number of benzene rings is 2. The summed E-state index contributed by atoms with van der Waals surface area (Å²) in [4.78, 5) is 0.